The summed E-state index contributed by atoms with van der Waals surface area (Å²) in [4.78, 5) is 25.7. The zero-order valence-electron chi connectivity index (χ0n) is 15.0. The molecule has 0 aliphatic heterocycles. The number of carbonyl (C=O) groups is 2. The predicted molar refractivity (Wildman–Crippen MR) is 100 cm³/mol. The molecule has 0 N–H and O–H groups in total. The number of hydrogen-bond acceptors (Lipinski definition) is 3. The second-order valence-electron chi connectivity index (χ2n) is 6.18. The van der Waals surface area contributed by atoms with Crippen LogP contribution in [0.4, 0.5) is 0 Å². The maximum atomic E-state index is 12.3. The van der Waals surface area contributed by atoms with Gasteiger partial charge in [0, 0.05) is 30.8 Å². The Labute approximate surface area is 148 Å². The van der Waals surface area contributed by atoms with Crippen molar-refractivity contribution in [1.29, 1.82) is 0 Å². The Morgan fingerprint density at radius 2 is 1.56 bits per heavy atom. The van der Waals surface area contributed by atoms with Gasteiger partial charge in [-0.1, -0.05) is 30.3 Å². The number of rotatable bonds is 6. The summed E-state index contributed by atoms with van der Waals surface area (Å²) in [7, 11) is 3.39. The summed E-state index contributed by atoms with van der Waals surface area (Å²) in [6.07, 6.45) is 3.33. The van der Waals surface area contributed by atoms with Crippen molar-refractivity contribution in [2.75, 3.05) is 14.1 Å². The first kappa shape index (κ1) is 18.5. The van der Waals surface area contributed by atoms with Gasteiger partial charge in [0.1, 0.15) is 5.75 Å². The molecule has 0 aliphatic carbocycles. The number of ether oxygens (including phenoxy) is 1. The quantitative estimate of drug-likeness (QED) is 0.589. The molecule has 130 valence electrons. The molecule has 0 saturated heterocycles. The van der Waals surface area contributed by atoms with E-state index in [1.807, 2.05) is 38.1 Å². The van der Waals surface area contributed by atoms with Gasteiger partial charge in [-0.25, -0.2) is 0 Å². The van der Waals surface area contributed by atoms with Gasteiger partial charge in [-0.15, -0.1) is 0 Å². The molecule has 0 radical (unpaired) electrons. The van der Waals surface area contributed by atoms with Crippen molar-refractivity contribution in [3.63, 3.8) is 0 Å². The summed E-state index contributed by atoms with van der Waals surface area (Å²) in [6, 6.07) is 14.3. The van der Waals surface area contributed by atoms with Crippen LogP contribution in [0.15, 0.2) is 54.6 Å². The van der Waals surface area contributed by atoms with Crippen LogP contribution in [0.1, 0.15) is 40.1 Å². The number of amides is 1. The zero-order chi connectivity index (χ0) is 18.4. The van der Waals surface area contributed by atoms with E-state index in [0.29, 0.717) is 11.1 Å². The van der Waals surface area contributed by atoms with Crippen LogP contribution in [-0.4, -0.2) is 36.8 Å². The van der Waals surface area contributed by atoms with E-state index in [4.69, 9.17) is 4.74 Å². The normalized spacial score (nSPS) is 10.9. The third-order valence-corrected chi connectivity index (χ3v) is 3.52. The molecule has 4 heteroatoms. The number of para-hydroxylation sites is 1. The van der Waals surface area contributed by atoms with Crippen LogP contribution in [0.25, 0.3) is 6.08 Å². The van der Waals surface area contributed by atoms with Crippen molar-refractivity contribution in [2.45, 2.75) is 20.0 Å². The van der Waals surface area contributed by atoms with E-state index in [-0.39, 0.29) is 17.8 Å². The number of carbonyl (C=O) groups excluding carboxylic acids is 2. The second-order valence-corrected chi connectivity index (χ2v) is 6.18. The molecular formula is C21H23NO3. The van der Waals surface area contributed by atoms with Gasteiger partial charge in [0.2, 0.25) is 0 Å². The lowest BCUT2D eigenvalue weighted by molar-refractivity contribution is 0.0827. The van der Waals surface area contributed by atoms with Gasteiger partial charge in [-0.2, -0.15) is 0 Å². The standard InChI is InChI=1S/C21H23NO3/c1-15(2)25-20-8-6-5-7-17(20)13-14-19(23)16-9-11-18(12-10-16)21(24)22(3)4/h5-15H,1-4H3/b14-13+. The first-order valence-corrected chi connectivity index (χ1v) is 8.18. The lowest BCUT2D eigenvalue weighted by Crippen LogP contribution is -2.21. The topological polar surface area (TPSA) is 46.6 Å². The molecule has 0 saturated carbocycles. The third-order valence-electron chi connectivity index (χ3n) is 3.52. The van der Waals surface area contributed by atoms with Gasteiger partial charge in [-0.05, 0) is 44.2 Å². The Kier molecular flexibility index (Phi) is 6.12. The van der Waals surface area contributed by atoms with E-state index in [0.717, 1.165) is 11.3 Å². The second kappa shape index (κ2) is 8.29. The lowest BCUT2D eigenvalue weighted by atomic mass is 10.1. The summed E-state index contributed by atoms with van der Waals surface area (Å²) in [5.41, 5.74) is 1.94. The molecule has 0 fully saturated rings. The average molecular weight is 337 g/mol. The summed E-state index contributed by atoms with van der Waals surface area (Å²) >= 11 is 0. The fourth-order valence-corrected chi connectivity index (χ4v) is 2.28. The predicted octanol–water partition coefficient (Wildman–Crippen LogP) is 4.07. The third kappa shape index (κ3) is 5.05. The summed E-state index contributed by atoms with van der Waals surface area (Å²) in [5.74, 6) is 0.533. The van der Waals surface area contributed by atoms with Crippen molar-refractivity contribution in [3.05, 3.63) is 71.3 Å². The minimum Gasteiger partial charge on any atom is -0.490 e. The van der Waals surface area contributed by atoms with E-state index in [1.54, 1.807) is 44.4 Å². The number of hydrogen-bond donors (Lipinski definition) is 0. The Balaban J connectivity index is 2.14. The molecule has 2 aromatic rings. The molecule has 2 aromatic carbocycles. The maximum Gasteiger partial charge on any atom is 0.253 e. The molecule has 1 amide bonds. The number of benzene rings is 2. The summed E-state index contributed by atoms with van der Waals surface area (Å²) < 4.78 is 5.74. The van der Waals surface area contributed by atoms with E-state index < -0.39 is 0 Å². The number of allylic oxidation sites excluding steroid dienone is 1. The molecular weight excluding hydrogens is 314 g/mol. The molecule has 0 spiro atoms. The molecule has 0 heterocycles. The van der Waals surface area contributed by atoms with Gasteiger partial charge in [-0.3, -0.25) is 9.59 Å². The average Bonchev–Trinajstić information content (AvgIpc) is 2.59. The Morgan fingerprint density at radius 3 is 2.16 bits per heavy atom. The molecule has 0 aliphatic rings. The Hall–Kier alpha value is -2.88. The van der Waals surface area contributed by atoms with Gasteiger partial charge in [0.15, 0.2) is 5.78 Å². The molecule has 0 aromatic heterocycles. The fraction of sp³-hybridized carbons (Fsp3) is 0.238. The van der Waals surface area contributed by atoms with Crippen LogP contribution in [0, 0.1) is 0 Å². The largest absolute Gasteiger partial charge is 0.490 e. The molecule has 2 rings (SSSR count). The van der Waals surface area contributed by atoms with E-state index in [9.17, 15) is 9.59 Å². The maximum absolute atomic E-state index is 12.3. The minimum absolute atomic E-state index is 0.0621. The van der Waals surface area contributed by atoms with Crippen molar-refractivity contribution < 1.29 is 14.3 Å². The summed E-state index contributed by atoms with van der Waals surface area (Å²) in [5, 5.41) is 0. The van der Waals surface area contributed by atoms with Crippen LogP contribution in [0.3, 0.4) is 0 Å². The van der Waals surface area contributed by atoms with Crippen molar-refractivity contribution in [3.8, 4) is 5.75 Å². The molecule has 0 unspecified atom stereocenters. The molecule has 4 nitrogen and oxygen atoms in total. The first-order chi connectivity index (χ1) is 11.9. The smallest absolute Gasteiger partial charge is 0.253 e. The highest BCUT2D eigenvalue weighted by Gasteiger charge is 2.09. The highest BCUT2D eigenvalue weighted by atomic mass is 16.5. The van der Waals surface area contributed by atoms with E-state index in [1.165, 1.54) is 11.0 Å². The molecule has 0 atom stereocenters. The van der Waals surface area contributed by atoms with Gasteiger partial charge in [0.25, 0.3) is 5.91 Å². The number of ketones is 1. The van der Waals surface area contributed by atoms with E-state index in [2.05, 4.69) is 0 Å². The van der Waals surface area contributed by atoms with Crippen LogP contribution in [-0.2, 0) is 0 Å². The van der Waals surface area contributed by atoms with E-state index >= 15 is 0 Å². The van der Waals surface area contributed by atoms with Crippen molar-refractivity contribution in [1.82, 2.24) is 4.90 Å². The zero-order valence-corrected chi connectivity index (χ0v) is 15.0. The monoisotopic (exact) mass is 337 g/mol. The van der Waals surface area contributed by atoms with Crippen LogP contribution in [0.2, 0.25) is 0 Å². The SMILES string of the molecule is CC(C)Oc1ccccc1/C=C/C(=O)c1ccc(C(=O)N(C)C)cc1. The molecule has 0 bridgehead atoms. The Bertz CT molecular complexity index is 774. The van der Waals surface area contributed by atoms with Gasteiger partial charge in [0.05, 0.1) is 6.10 Å². The highest BCUT2D eigenvalue weighted by molar-refractivity contribution is 6.07. The van der Waals surface area contributed by atoms with Gasteiger partial charge < -0.3 is 9.64 Å². The van der Waals surface area contributed by atoms with Crippen LogP contribution in [0.5, 0.6) is 5.75 Å². The Morgan fingerprint density at radius 1 is 0.960 bits per heavy atom. The van der Waals surface area contributed by atoms with Crippen molar-refractivity contribution in [2.24, 2.45) is 0 Å². The lowest BCUT2D eigenvalue weighted by Gasteiger charge is -2.12. The number of nitrogens with zero attached hydrogens (tertiary/aromatic N) is 1. The molecule has 25 heavy (non-hydrogen) atoms. The first-order valence-electron chi connectivity index (χ1n) is 8.18. The minimum atomic E-state index is -0.122. The van der Waals surface area contributed by atoms with Crippen molar-refractivity contribution >= 4 is 17.8 Å². The van der Waals surface area contributed by atoms with Gasteiger partial charge >= 0.3 is 0 Å². The van der Waals surface area contributed by atoms with Crippen LogP contribution < -0.4 is 4.74 Å². The fourth-order valence-electron chi connectivity index (χ4n) is 2.28. The summed E-state index contributed by atoms with van der Waals surface area (Å²) in [6.45, 7) is 3.92. The highest BCUT2D eigenvalue weighted by Crippen LogP contribution is 2.21. The van der Waals surface area contributed by atoms with Crippen LogP contribution >= 0.6 is 0 Å².